The van der Waals surface area contributed by atoms with Crippen molar-refractivity contribution in [3.05, 3.63) is 84.6 Å². The molecule has 0 atom stereocenters. The van der Waals surface area contributed by atoms with E-state index in [4.69, 9.17) is 4.74 Å². The molecule has 0 aliphatic heterocycles. The summed E-state index contributed by atoms with van der Waals surface area (Å²) >= 11 is 0. The third-order valence-electron chi connectivity index (χ3n) is 3.97. The second kappa shape index (κ2) is 7.67. The second-order valence-corrected chi connectivity index (χ2v) is 6.00. The zero-order valence-electron chi connectivity index (χ0n) is 14.8. The van der Waals surface area contributed by atoms with Crippen LogP contribution >= 0.6 is 0 Å². The van der Waals surface area contributed by atoms with Gasteiger partial charge in [0, 0.05) is 11.8 Å². The molecule has 0 N–H and O–H groups in total. The largest absolute Gasteiger partial charge is 0.437 e. The Kier molecular flexibility index (Phi) is 4.90. The molecular weight excluding hydrogens is 381 g/mol. The highest BCUT2D eigenvalue weighted by molar-refractivity contribution is 5.65. The number of hydrogen-bond donors (Lipinski definition) is 0. The van der Waals surface area contributed by atoms with Gasteiger partial charge in [-0.25, -0.2) is 0 Å². The van der Waals surface area contributed by atoms with Gasteiger partial charge in [0.2, 0.25) is 11.7 Å². The van der Waals surface area contributed by atoms with E-state index in [0.29, 0.717) is 17.0 Å². The van der Waals surface area contributed by atoms with Crippen molar-refractivity contribution in [3.8, 4) is 34.4 Å². The van der Waals surface area contributed by atoms with Gasteiger partial charge in [-0.1, -0.05) is 42.5 Å². The highest BCUT2D eigenvalue weighted by Gasteiger charge is 2.30. The van der Waals surface area contributed by atoms with E-state index in [1.54, 1.807) is 48.7 Å². The van der Waals surface area contributed by atoms with E-state index in [2.05, 4.69) is 20.2 Å². The molecule has 0 aliphatic carbocycles. The molecule has 29 heavy (non-hydrogen) atoms. The van der Waals surface area contributed by atoms with Crippen LogP contribution in [0.5, 0.6) is 11.6 Å². The third kappa shape index (κ3) is 4.21. The Balaban J connectivity index is 1.79. The van der Waals surface area contributed by atoms with E-state index in [0.717, 1.165) is 12.1 Å². The quantitative estimate of drug-likeness (QED) is 0.463. The van der Waals surface area contributed by atoms with Crippen molar-refractivity contribution in [2.45, 2.75) is 6.18 Å². The number of hydrogen-bond acceptors (Lipinski definition) is 5. The van der Waals surface area contributed by atoms with Crippen LogP contribution in [0.3, 0.4) is 0 Å². The van der Waals surface area contributed by atoms with Crippen LogP contribution in [0.1, 0.15) is 5.56 Å². The lowest BCUT2D eigenvalue weighted by Gasteiger charge is -2.12. The summed E-state index contributed by atoms with van der Waals surface area (Å²) in [6, 6.07) is 18.8. The number of aromatic nitrogens is 4. The summed E-state index contributed by atoms with van der Waals surface area (Å²) in [4.78, 5) is 8.54. The van der Waals surface area contributed by atoms with E-state index >= 15 is 0 Å². The van der Waals surface area contributed by atoms with Gasteiger partial charge in [-0.15, -0.1) is 10.2 Å². The highest BCUT2D eigenvalue weighted by atomic mass is 19.4. The minimum atomic E-state index is -4.48. The van der Waals surface area contributed by atoms with Gasteiger partial charge < -0.3 is 4.74 Å². The maximum atomic E-state index is 13.0. The molecule has 144 valence electrons. The lowest BCUT2D eigenvalue weighted by Crippen LogP contribution is -2.05. The minimum Gasteiger partial charge on any atom is -0.437 e. The van der Waals surface area contributed by atoms with Crippen LogP contribution in [0.4, 0.5) is 13.2 Å². The van der Waals surface area contributed by atoms with Crippen LogP contribution in [0.15, 0.2) is 79.0 Å². The average Bonchev–Trinajstić information content (AvgIpc) is 2.75. The number of rotatable bonds is 4. The van der Waals surface area contributed by atoms with E-state index in [1.807, 2.05) is 6.07 Å². The first-order valence-corrected chi connectivity index (χ1v) is 8.57. The molecule has 0 amide bonds. The number of pyridine rings is 1. The molecule has 0 radical (unpaired) electrons. The lowest BCUT2D eigenvalue weighted by atomic mass is 10.1. The van der Waals surface area contributed by atoms with Crippen molar-refractivity contribution in [2.24, 2.45) is 0 Å². The molecule has 4 rings (SSSR count). The number of alkyl halides is 3. The number of nitrogens with zero attached hydrogens (tertiary/aromatic N) is 4. The summed E-state index contributed by atoms with van der Waals surface area (Å²) in [5.41, 5.74) is 0.626. The van der Waals surface area contributed by atoms with Crippen molar-refractivity contribution in [1.29, 1.82) is 0 Å². The van der Waals surface area contributed by atoms with Crippen molar-refractivity contribution in [3.63, 3.8) is 0 Å². The monoisotopic (exact) mass is 394 g/mol. The van der Waals surface area contributed by atoms with E-state index in [9.17, 15) is 13.2 Å². The molecule has 0 spiro atoms. The van der Waals surface area contributed by atoms with E-state index in [-0.39, 0.29) is 17.5 Å². The van der Waals surface area contributed by atoms with Gasteiger partial charge in [0.05, 0.1) is 5.56 Å². The van der Waals surface area contributed by atoms with Crippen LogP contribution in [-0.2, 0) is 6.18 Å². The Morgan fingerprint density at radius 1 is 0.793 bits per heavy atom. The van der Waals surface area contributed by atoms with Crippen molar-refractivity contribution in [2.75, 3.05) is 0 Å². The topological polar surface area (TPSA) is 60.8 Å². The summed E-state index contributed by atoms with van der Waals surface area (Å²) in [5.74, 6) is 0.225. The maximum Gasteiger partial charge on any atom is 0.416 e. The average molecular weight is 394 g/mol. The van der Waals surface area contributed by atoms with Crippen molar-refractivity contribution >= 4 is 0 Å². The van der Waals surface area contributed by atoms with Crippen LogP contribution in [0.2, 0.25) is 0 Å². The van der Waals surface area contributed by atoms with Gasteiger partial charge >= 0.3 is 6.18 Å². The second-order valence-electron chi connectivity index (χ2n) is 6.00. The molecule has 0 bridgehead atoms. The van der Waals surface area contributed by atoms with Crippen LogP contribution in [0.25, 0.3) is 22.8 Å². The molecule has 0 unspecified atom stereocenters. The molecule has 2 aromatic heterocycles. The molecule has 4 aromatic rings. The predicted octanol–water partition coefficient (Wildman–Crippen LogP) is 5.41. The molecule has 2 aromatic carbocycles. The summed E-state index contributed by atoms with van der Waals surface area (Å²) in [5, 5.41) is 8.29. The fourth-order valence-corrected chi connectivity index (χ4v) is 2.61. The lowest BCUT2D eigenvalue weighted by molar-refractivity contribution is -0.137. The Labute approximate surface area is 163 Å². The first kappa shape index (κ1) is 18.5. The maximum absolute atomic E-state index is 13.0. The number of benzene rings is 2. The van der Waals surface area contributed by atoms with Crippen molar-refractivity contribution in [1.82, 2.24) is 20.2 Å². The van der Waals surface area contributed by atoms with E-state index < -0.39 is 11.7 Å². The number of halogens is 3. The smallest absolute Gasteiger partial charge is 0.416 e. The molecule has 0 saturated carbocycles. The van der Waals surface area contributed by atoms with Crippen LogP contribution < -0.4 is 4.74 Å². The van der Waals surface area contributed by atoms with Gasteiger partial charge in [0.25, 0.3) is 0 Å². The van der Waals surface area contributed by atoms with Gasteiger partial charge in [0.15, 0.2) is 5.69 Å². The Morgan fingerprint density at radius 2 is 1.59 bits per heavy atom. The first-order chi connectivity index (χ1) is 14.0. The summed E-state index contributed by atoms with van der Waals surface area (Å²) in [6.07, 6.45) is -2.90. The molecule has 2 heterocycles. The summed E-state index contributed by atoms with van der Waals surface area (Å²) < 4.78 is 44.8. The predicted molar refractivity (Wildman–Crippen MR) is 100 cm³/mol. The Hall–Kier alpha value is -3.81. The van der Waals surface area contributed by atoms with Gasteiger partial charge in [-0.3, -0.25) is 4.98 Å². The molecule has 5 nitrogen and oxygen atoms in total. The van der Waals surface area contributed by atoms with Crippen LogP contribution in [-0.4, -0.2) is 20.2 Å². The summed E-state index contributed by atoms with van der Waals surface area (Å²) in [7, 11) is 0. The van der Waals surface area contributed by atoms with Gasteiger partial charge in [0.1, 0.15) is 11.4 Å². The molecule has 0 aliphatic rings. The Bertz CT molecular complexity index is 1120. The van der Waals surface area contributed by atoms with Crippen LogP contribution in [0, 0.1) is 0 Å². The van der Waals surface area contributed by atoms with Gasteiger partial charge in [-0.05, 0) is 30.3 Å². The molecule has 8 heteroatoms. The van der Waals surface area contributed by atoms with Gasteiger partial charge in [-0.2, -0.15) is 18.2 Å². The standard InChI is InChI=1S/C21H13F3N4O/c22-21(23,24)15-9-6-10-16(13-15)29-20-18(14-7-2-1-3-8-14)27-28-19(26-20)17-11-4-5-12-25-17/h1-13H. The molecule has 0 fully saturated rings. The van der Waals surface area contributed by atoms with Crippen molar-refractivity contribution < 1.29 is 17.9 Å². The molecule has 0 saturated heterocycles. The SMILES string of the molecule is FC(F)(F)c1cccc(Oc2nc(-c3ccccn3)nnc2-c2ccccc2)c1. The zero-order valence-corrected chi connectivity index (χ0v) is 14.8. The minimum absolute atomic E-state index is 0.00974. The molecular formula is C21H13F3N4O. The normalized spacial score (nSPS) is 11.3. The fraction of sp³-hybridized carbons (Fsp3) is 0.0476. The number of ether oxygens (including phenoxy) is 1. The first-order valence-electron chi connectivity index (χ1n) is 8.57. The van der Waals surface area contributed by atoms with E-state index in [1.165, 1.54) is 12.1 Å². The highest BCUT2D eigenvalue weighted by Crippen LogP contribution is 2.34. The fourth-order valence-electron chi connectivity index (χ4n) is 2.61. The third-order valence-corrected chi connectivity index (χ3v) is 3.97. The Morgan fingerprint density at radius 3 is 2.31 bits per heavy atom. The summed E-state index contributed by atoms with van der Waals surface area (Å²) in [6.45, 7) is 0. The zero-order chi connectivity index (χ0) is 20.3.